The van der Waals surface area contributed by atoms with Gasteiger partial charge in [0.25, 0.3) is 0 Å². The second-order valence-corrected chi connectivity index (χ2v) is 5.64. The molecule has 22 heavy (non-hydrogen) atoms. The third kappa shape index (κ3) is 2.35. The average molecular weight is 316 g/mol. The average Bonchev–Trinajstić information content (AvgIpc) is 3.13. The van der Waals surface area contributed by atoms with Gasteiger partial charge >= 0.3 is 0 Å². The Morgan fingerprint density at radius 1 is 1.14 bits per heavy atom. The summed E-state index contributed by atoms with van der Waals surface area (Å²) >= 11 is 1.55. The lowest BCUT2D eigenvalue weighted by Crippen LogP contribution is -1.93. The maximum atomic E-state index is 5.48. The molecule has 2 aromatic heterocycles. The third-order valence-electron chi connectivity index (χ3n) is 3.43. The number of methoxy groups -OCH3 is 2. The zero-order valence-corrected chi connectivity index (χ0v) is 13.7. The van der Waals surface area contributed by atoms with Crippen molar-refractivity contribution in [2.75, 3.05) is 14.2 Å². The van der Waals surface area contributed by atoms with Crippen LogP contribution in [-0.4, -0.2) is 24.4 Å². The van der Waals surface area contributed by atoms with Gasteiger partial charge in [-0.2, -0.15) is 0 Å². The van der Waals surface area contributed by atoms with Crippen LogP contribution in [0.4, 0.5) is 0 Å². The van der Waals surface area contributed by atoms with Crippen molar-refractivity contribution in [3.63, 3.8) is 0 Å². The minimum Gasteiger partial charge on any atom is -0.493 e. The standard InChI is InChI=1S/C16H16N2O3S/c1-9-14(10(2)21-18-9)12-8-22-16(17-12)11-6-5-7-13(19-3)15(11)20-4/h5-8H,1-4H3. The van der Waals surface area contributed by atoms with E-state index in [9.17, 15) is 0 Å². The number of nitrogens with zero attached hydrogens (tertiary/aromatic N) is 2. The van der Waals surface area contributed by atoms with Crippen LogP contribution in [0.25, 0.3) is 21.8 Å². The molecule has 0 radical (unpaired) electrons. The molecule has 3 aromatic rings. The van der Waals surface area contributed by atoms with Crippen molar-refractivity contribution in [3.8, 4) is 33.3 Å². The van der Waals surface area contributed by atoms with Crippen LogP contribution in [0, 0.1) is 13.8 Å². The van der Waals surface area contributed by atoms with Gasteiger partial charge in [-0.3, -0.25) is 0 Å². The maximum Gasteiger partial charge on any atom is 0.170 e. The largest absolute Gasteiger partial charge is 0.493 e. The molecule has 0 saturated carbocycles. The molecule has 0 aliphatic heterocycles. The van der Waals surface area contributed by atoms with E-state index >= 15 is 0 Å². The third-order valence-corrected chi connectivity index (χ3v) is 4.30. The quantitative estimate of drug-likeness (QED) is 0.725. The summed E-state index contributed by atoms with van der Waals surface area (Å²) in [7, 11) is 3.25. The van der Waals surface area contributed by atoms with Crippen LogP contribution in [0.5, 0.6) is 11.5 Å². The van der Waals surface area contributed by atoms with Gasteiger partial charge in [0.1, 0.15) is 10.8 Å². The topological polar surface area (TPSA) is 57.4 Å². The fourth-order valence-corrected chi connectivity index (χ4v) is 3.25. The van der Waals surface area contributed by atoms with E-state index in [1.165, 1.54) is 0 Å². The Bertz CT molecular complexity index is 788. The van der Waals surface area contributed by atoms with Gasteiger partial charge in [-0.15, -0.1) is 11.3 Å². The molecule has 0 amide bonds. The molecule has 0 aliphatic carbocycles. The first-order valence-electron chi connectivity index (χ1n) is 6.75. The van der Waals surface area contributed by atoms with Crippen LogP contribution in [-0.2, 0) is 0 Å². The minimum absolute atomic E-state index is 0.685. The molecule has 0 aliphatic rings. The first-order chi connectivity index (χ1) is 10.7. The van der Waals surface area contributed by atoms with Gasteiger partial charge in [-0.1, -0.05) is 11.2 Å². The van der Waals surface area contributed by atoms with E-state index in [-0.39, 0.29) is 0 Å². The number of hydrogen-bond acceptors (Lipinski definition) is 6. The summed E-state index contributed by atoms with van der Waals surface area (Å²) in [6, 6.07) is 5.76. The number of ether oxygens (including phenoxy) is 2. The molecular weight excluding hydrogens is 300 g/mol. The van der Waals surface area contributed by atoms with Gasteiger partial charge in [0.2, 0.25) is 0 Å². The van der Waals surface area contributed by atoms with E-state index in [0.717, 1.165) is 33.3 Å². The predicted octanol–water partition coefficient (Wildman–Crippen LogP) is 4.10. The Balaban J connectivity index is 2.09. The highest BCUT2D eigenvalue weighted by Crippen LogP contribution is 2.40. The fourth-order valence-electron chi connectivity index (χ4n) is 2.42. The van der Waals surface area contributed by atoms with Crippen molar-refractivity contribution >= 4 is 11.3 Å². The number of benzene rings is 1. The van der Waals surface area contributed by atoms with Gasteiger partial charge < -0.3 is 14.0 Å². The van der Waals surface area contributed by atoms with E-state index < -0.39 is 0 Å². The number of thiazole rings is 1. The minimum atomic E-state index is 0.685. The first-order valence-corrected chi connectivity index (χ1v) is 7.63. The Hall–Kier alpha value is -2.34. The Morgan fingerprint density at radius 3 is 2.59 bits per heavy atom. The predicted molar refractivity (Wildman–Crippen MR) is 85.6 cm³/mol. The zero-order chi connectivity index (χ0) is 15.7. The molecular formula is C16H16N2O3S. The highest BCUT2D eigenvalue weighted by Gasteiger charge is 2.18. The number of aryl methyl sites for hydroxylation is 2. The lowest BCUT2D eigenvalue weighted by Gasteiger charge is -2.10. The van der Waals surface area contributed by atoms with Crippen molar-refractivity contribution in [3.05, 3.63) is 35.0 Å². The Kier molecular flexibility index (Phi) is 3.85. The molecule has 0 unspecified atom stereocenters. The molecule has 0 spiro atoms. The molecule has 3 rings (SSSR count). The van der Waals surface area contributed by atoms with E-state index in [1.807, 2.05) is 37.4 Å². The van der Waals surface area contributed by atoms with Crippen molar-refractivity contribution in [1.82, 2.24) is 10.1 Å². The second kappa shape index (κ2) is 5.81. The normalized spacial score (nSPS) is 10.7. The molecule has 0 saturated heterocycles. The lowest BCUT2D eigenvalue weighted by molar-refractivity contribution is 0.356. The summed E-state index contributed by atoms with van der Waals surface area (Å²) in [5.74, 6) is 2.14. The highest BCUT2D eigenvalue weighted by atomic mass is 32.1. The summed E-state index contributed by atoms with van der Waals surface area (Å²) < 4.78 is 16.0. The van der Waals surface area contributed by atoms with Crippen molar-refractivity contribution in [1.29, 1.82) is 0 Å². The van der Waals surface area contributed by atoms with E-state index in [2.05, 4.69) is 5.16 Å². The number of aromatic nitrogens is 2. The molecule has 0 fully saturated rings. The maximum absolute atomic E-state index is 5.48. The highest BCUT2D eigenvalue weighted by molar-refractivity contribution is 7.13. The molecule has 6 heteroatoms. The van der Waals surface area contributed by atoms with E-state index in [0.29, 0.717) is 11.5 Å². The summed E-state index contributed by atoms with van der Waals surface area (Å²) in [5, 5.41) is 6.85. The molecule has 0 atom stereocenters. The summed E-state index contributed by atoms with van der Waals surface area (Å²) in [4.78, 5) is 4.71. The summed E-state index contributed by atoms with van der Waals surface area (Å²) in [6.45, 7) is 3.80. The molecule has 1 aromatic carbocycles. The van der Waals surface area contributed by atoms with Gasteiger partial charge in [0.15, 0.2) is 11.5 Å². The van der Waals surface area contributed by atoms with Crippen LogP contribution < -0.4 is 9.47 Å². The summed E-state index contributed by atoms with van der Waals surface area (Å²) in [6.07, 6.45) is 0. The smallest absolute Gasteiger partial charge is 0.170 e. The number of hydrogen-bond donors (Lipinski definition) is 0. The number of para-hydroxylation sites is 1. The van der Waals surface area contributed by atoms with Crippen molar-refractivity contribution in [2.24, 2.45) is 0 Å². The van der Waals surface area contributed by atoms with E-state index in [1.54, 1.807) is 25.6 Å². The monoisotopic (exact) mass is 316 g/mol. The Labute approximate surface area is 132 Å². The zero-order valence-electron chi connectivity index (χ0n) is 12.8. The number of rotatable bonds is 4. The van der Waals surface area contributed by atoms with Gasteiger partial charge in [0.05, 0.1) is 36.7 Å². The lowest BCUT2D eigenvalue weighted by atomic mass is 10.1. The van der Waals surface area contributed by atoms with Crippen LogP contribution in [0.2, 0.25) is 0 Å². The van der Waals surface area contributed by atoms with Crippen molar-refractivity contribution < 1.29 is 14.0 Å². The van der Waals surface area contributed by atoms with Gasteiger partial charge in [-0.25, -0.2) is 4.98 Å². The van der Waals surface area contributed by atoms with Crippen molar-refractivity contribution in [2.45, 2.75) is 13.8 Å². The van der Waals surface area contributed by atoms with Gasteiger partial charge in [0, 0.05) is 5.38 Å². The molecule has 5 nitrogen and oxygen atoms in total. The first kappa shape index (κ1) is 14.6. The molecule has 2 heterocycles. The van der Waals surface area contributed by atoms with Crippen LogP contribution >= 0.6 is 11.3 Å². The molecule has 0 N–H and O–H groups in total. The Morgan fingerprint density at radius 2 is 1.95 bits per heavy atom. The fraction of sp³-hybridized carbons (Fsp3) is 0.250. The van der Waals surface area contributed by atoms with Crippen LogP contribution in [0.3, 0.4) is 0 Å². The van der Waals surface area contributed by atoms with Crippen LogP contribution in [0.1, 0.15) is 11.5 Å². The van der Waals surface area contributed by atoms with E-state index in [4.69, 9.17) is 19.0 Å². The van der Waals surface area contributed by atoms with Crippen LogP contribution in [0.15, 0.2) is 28.1 Å². The summed E-state index contributed by atoms with van der Waals surface area (Å²) in [5.41, 5.74) is 3.56. The molecule has 114 valence electrons. The molecule has 0 bridgehead atoms. The SMILES string of the molecule is COc1cccc(-c2nc(-c3c(C)noc3C)cs2)c1OC. The van der Waals surface area contributed by atoms with Gasteiger partial charge in [-0.05, 0) is 26.0 Å². The second-order valence-electron chi connectivity index (χ2n) is 4.78.